The predicted molar refractivity (Wildman–Crippen MR) is 116 cm³/mol. The average Bonchev–Trinajstić information content (AvgIpc) is 2.72. The Labute approximate surface area is 177 Å². The largest absolute Gasteiger partial charge is 0.492 e. The van der Waals surface area contributed by atoms with Gasteiger partial charge in [-0.2, -0.15) is 0 Å². The Morgan fingerprint density at radius 3 is 2.45 bits per heavy atom. The zero-order valence-electron chi connectivity index (χ0n) is 16.9. The molecule has 2 aromatic carbocycles. The smallest absolute Gasteiger partial charge is 0.241 e. The van der Waals surface area contributed by atoms with Crippen LogP contribution in [0.25, 0.3) is 0 Å². The standard InChI is InChI=1S/C22H28ClN3O3/c1-3-14-26(17(2)22(28)25-19-7-5-4-6-8-19)16-21(27)24-13-15-29-20-11-9-18(23)10-12-20/h4-12,17H,3,13-16H2,1-2H3,(H,24,27)(H,25,28). The van der Waals surface area contributed by atoms with Crippen LogP contribution in [0.15, 0.2) is 54.6 Å². The Hall–Kier alpha value is -2.57. The first-order chi connectivity index (χ1) is 14.0. The van der Waals surface area contributed by atoms with E-state index in [4.69, 9.17) is 16.3 Å². The summed E-state index contributed by atoms with van der Waals surface area (Å²) in [4.78, 5) is 26.7. The average molecular weight is 418 g/mol. The second kappa shape index (κ2) is 12.1. The summed E-state index contributed by atoms with van der Waals surface area (Å²) in [5, 5.41) is 6.37. The van der Waals surface area contributed by atoms with Crippen molar-refractivity contribution in [3.05, 3.63) is 59.6 Å². The third-order valence-corrected chi connectivity index (χ3v) is 4.58. The molecule has 2 rings (SSSR count). The Morgan fingerprint density at radius 2 is 1.79 bits per heavy atom. The van der Waals surface area contributed by atoms with Gasteiger partial charge in [-0.15, -0.1) is 0 Å². The zero-order valence-corrected chi connectivity index (χ0v) is 17.6. The molecule has 0 saturated carbocycles. The van der Waals surface area contributed by atoms with Gasteiger partial charge in [-0.1, -0.05) is 36.7 Å². The third-order valence-electron chi connectivity index (χ3n) is 4.33. The summed E-state index contributed by atoms with van der Waals surface area (Å²) in [5.41, 5.74) is 0.740. The number of hydrogen-bond donors (Lipinski definition) is 2. The fraction of sp³-hybridized carbons (Fsp3) is 0.364. The number of carbonyl (C=O) groups excluding carboxylic acids is 2. The number of ether oxygens (including phenoxy) is 1. The fourth-order valence-electron chi connectivity index (χ4n) is 2.76. The minimum absolute atomic E-state index is 0.136. The molecule has 2 N–H and O–H groups in total. The number of carbonyl (C=O) groups is 2. The molecule has 0 radical (unpaired) electrons. The molecule has 0 fully saturated rings. The number of rotatable bonds is 11. The van der Waals surface area contributed by atoms with E-state index in [1.165, 1.54) is 0 Å². The lowest BCUT2D eigenvalue weighted by atomic mass is 10.2. The van der Waals surface area contributed by atoms with Crippen molar-refractivity contribution in [2.75, 3.05) is 31.6 Å². The SMILES string of the molecule is CCCN(CC(=O)NCCOc1ccc(Cl)cc1)C(C)C(=O)Nc1ccccc1. The Bertz CT molecular complexity index is 769. The molecule has 0 saturated heterocycles. The van der Waals surface area contributed by atoms with Gasteiger partial charge >= 0.3 is 0 Å². The highest BCUT2D eigenvalue weighted by Gasteiger charge is 2.22. The van der Waals surface area contributed by atoms with Gasteiger partial charge in [0, 0.05) is 10.7 Å². The van der Waals surface area contributed by atoms with Crippen LogP contribution in [-0.2, 0) is 9.59 Å². The molecule has 0 heterocycles. The number of para-hydroxylation sites is 1. The molecule has 29 heavy (non-hydrogen) atoms. The van der Waals surface area contributed by atoms with Crippen molar-refractivity contribution < 1.29 is 14.3 Å². The van der Waals surface area contributed by atoms with Crippen molar-refractivity contribution >= 4 is 29.1 Å². The van der Waals surface area contributed by atoms with Crippen LogP contribution in [0.3, 0.4) is 0 Å². The molecule has 1 atom stereocenters. The van der Waals surface area contributed by atoms with E-state index >= 15 is 0 Å². The van der Waals surface area contributed by atoms with Gasteiger partial charge in [0.05, 0.1) is 19.1 Å². The summed E-state index contributed by atoms with van der Waals surface area (Å²) in [6.45, 7) is 5.37. The van der Waals surface area contributed by atoms with Crippen LogP contribution in [0.2, 0.25) is 5.02 Å². The summed E-state index contributed by atoms with van der Waals surface area (Å²) < 4.78 is 5.56. The molecule has 0 aromatic heterocycles. The molecule has 6 nitrogen and oxygen atoms in total. The van der Waals surface area contributed by atoms with Crippen molar-refractivity contribution in [2.24, 2.45) is 0 Å². The third kappa shape index (κ3) is 8.13. The first-order valence-corrected chi connectivity index (χ1v) is 10.1. The number of hydrogen-bond acceptors (Lipinski definition) is 4. The first kappa shape index (κ1) is 22.7. The molecule has 0 spiro atoms. The topological polar surface area (TPSA) is 70.7 Å². The molecular weight excluding hydrogens is 390 g/mol. The van der Waals surface area contributed by atoms with E-state index in [2.05, 4.69) is 10.6 Å². The minimum atomic E-state index is -0.425. The van der Waals surface area contributed by atoms with Crippen LogP contribution in [0.4, 0.5) is 5.69 Å². The van der Waals surface area contributed by atoms with Crippen LogP contribution in [0.5, 0.6) is 5.75 Å². The molecule has 2 aromatic rings. The minimum Gasteiger partial charge on any atom is -0.492 e. The molecule has 7 heteroatoms. The van der Waals surface area contributed by atoms with Gasteiger partial charge in [-0.3, -0.25) is 14.5 Å². The summed E-state index contributed by atoms with van der Waals surface area (Å²) in [7, 11) is 0. The Morgan fingerprint density at radius 1 is 1.10 bits per heavy atom. The van der Waals surface area contributed by atoms with Gasteiger partial charge in [0.2, 0.25) is 11.8 Å². The molecule has 0 aliphatic carbocycles. The maximum atomic E-state index is 12.5. The Balaban J connectivity index is 1.77. The van der Waals surface area contributed by atoms with Crippen molar-refractivity contribution in [1.82, 2.24) is 10.2 Å². The first-order valence-electron chi connectivity index (χ1n) is 9.74. The van der Waals surface area contributed by atoms with Crippen molar-refractivity contribution in [1.29, 1.82) is 0 Å². The summed E-state index contributed by atoms with van der Waals surface area (Å²) in [6.07, 6.45) is 0.843. The number of nitrogens with one attached hydrogen (secondary N) is 2. The molecule has 1 unspecified atom stereocenters. The summed E-state index contributed by atoms with van der Waals surface area (Å²) in [6, 6.07) is 15.9. The monoisotopic (exact) mass is 417 g/mol. The molecule has 156 valence electrons. The molecule has 0 aliphatic heterocycles. The van der Waals surface area contributed by atoms with Crippen LogP contribution in [-0.4, -0.2) is 49.0 Å². The van der Waals surface area contributed by atoms with Crippen LogP contribution in [0.1, 0.15) is 20.3 Å². The van der Waals surface area contributed by atoms with Gasteiger partial charge in [0.1, 0.15) is 12.4 Å². The fourth-order valence-corrected chi connectivity index (χ4v) is 2.89. The predicted octanol–water partition coefficient (Wildman–Crippen LogP) is 3.57. The van der Waals surface area contributed by atoms with E-state index in [1.54, 1.807) is 24.3 Å². The van der Waals surface area contributed by atoms with E-state index in [0.29, 0.717) is 30.5 Å². The van der Waals surface area contributed by atoms with Crippen molar-refractivity contribution in [2.45, 2.75) is 26.3 Å². The maximum Gasteiger partial charge on any atom is 0.241 e. The normalized spacial score (nSPS) is 11.7. The van der Waals surface area contributed by atoms with Crippen molar-refractivity contribution in [3.63, 3.8) is 0 Å². The summed E-state index contributed by atoms with van der Waals surface area (Å²) in [5.74, 6) is 0.420. The maximum absolute atomic E-state index is 12.5. The van der Waals surface area contributed by atoms with Gasteiger partial charge in [0.15, 0.2) is 0 Å². The highest BCUT2D eigenvalue weighted by molar-refractivity contribution is 6.30. The van der Waals surface area contributed by atoms with E-state index in [-0.39, 0.29) is 18.4 Å². The van der Waals surface area contributed by atoms with Gasteiger partial charge in [-0.05, 0) is 56.3 Å². The molecule has 0 aliphatic rings. The van der Waals surface area contributed by atoms with Crippen LogP contribution < -0.4 is 15.4 Å². The zero-order chi connectivity index (χ0) is 21.1. The van der Waals surface area contributed by atoms with E-state index in [9.17, 15) is 9.59 Å². The highest BCUT2D eigenvalue weighted by atomic mass is 35.5. The van der Waals surface area contributed by atoms with Crippen molar-refractivity contribution in [3.8, 4) is 5.75 Å². The number of nitrogens with zero attached hydrogens (tertiary/aromatic N) is 1. The van der Waals surface area contributed by atoms with Crippen LogP contribution >= 0.6 is 11.6 Å². The highest BCUT2D eigenvalue weighted by Crippen LogP contribution is 2.15. The van der Waals surface area contributed by atoms with Gasteiger partial charge < -0.3 is 15.4 Å². The Kier molecular flexibility index (Phi) is 9.47. The molecule has 0 bridgehead atoms. The lowest BCUT2D eigenvalue weighted by molar-refractivity contribution is -0.125. The second-order valence-corrected chi connectivity index (χ2v) is 7.09. The lowest BCUT2D eigenvalue weighted by Gasteiger charge is -2.27. The number of benzene rings is 2. The summed E-state index contributed by atoms with van der Waals surface area (Å²) >= 11 is 5.84. The quantitative estimate of drug-likeness (QED) is 0.548. The van der Waals surface area contributed by atoms with Crippen LogP contribution in [0, 0.1) is 0 Å². The number of anilines is 1. The molecular formula is C22H28ClN3O3. The lowest BCUT2D eigenvalue weighted by Crippen LogP contribution is -2.47. The second-order valence-electron chi connectivity index (χ2n) is 6.65. The van der Waals surface area contributed by atoms with E-state index < -0.39 is 6.04 Å². The van der Waals surface area contributed by atoms with E-state index in [0.717, 1.165) is 12.1 Å². The number of amides is 2. The van der Waals surface area contributed by atoms with E-state index in [1.807, 2.05) is 49.1 Å². The molecule has 2 amide bonds. The van der Waals surface area contributed by atoms with Gasteiger partial charge in [0.25, 0.3) is 0 Å². The van der Waals surface area contributed by atoms with Gasteiger partial charge in [-0.25, -0.2) is 0 Å². The number of halogens is 1.